The number of carbonyl (C=O) groups is 1. The molecule has 1 aromatic heterocycles. The van der Waals surface area contributed by atoms with Crippen LogP contribution in [0.3, 0.4) is 0 Å². The second-order valence-corrected chi connectivity index (χ2v) is 7.96. The number of hydrogen-bond donors (Lipinski definition) is 3. The van der Waals surface area contributed by atoms with E-state index in [2.05, 4.69) is 14.2 Å². The number of amides is 1. The number of aliphatic hydroxyl groups is 2. The van der Waals surface area contributed by atoms with Crippen molar-refractivity contribution in [3.05, 3.63) is 40.2 Å². The molecule has 0 saturated carbocycles. The molecule has 0 aliphatic carbocycles. The van der Waals surface area contributed by atoms with E-state index >= 15 is 0 Å². The van der Waals surface area contributed by atoms with Gasteiger partial charge in [0.2, 0.25) is 16.7 Å². The van der Waals surface area contributed by atoms with E-state index in [1.807, 2.05) is 0 Å². The molecule has 0 spiro atoms. The maximum absolute atomic E-state index is 11.7. The fourth-order valence-corrected chi connectivity index (χ4v) is 3.48. The van der Waals surface area contributed by atoms with Gasteiger partial charge in [0.15, 0.2) is 0 Å². The molecule has 5 atom stereocenters. The zero-order chi connectivity index (χ0) is 23.6. The van der Waals surface area contributed by atoms with E-state index in [1.165, 1.54) is 18.2 Å². The number of aryl methyl sites for hydroxylation is 1. The van der Waals surface area contributed by atoms with Crippen molar-refractivity contribution in [2.75, 3.05) is 13.7 Å². The third kappa shape index (κ3) is 7.19. The zero-order valence-electron chi connectivity index (χ0n) is 17.8. The van der Waals surface area contributed by atoms with E-state index < -0.39 is 59.4 Å². The molecule has 15 heteroatoms. The molecule has 1 aromatic carbocycles. The van der Waals surface area contributed by atoms with Crippen molar-refractivity contribution in [3.8, 4) is 5.75 Å². The van der Waals surface area contributed by atoms with Crippen LogP contribution in [-0.4, -0.2) is 73.6 Å². The van der Waals surface area contributed by atoms with Crippen molar-refractivity contribution in [3.63, 3.8) is 0 Å². The Morgan fingerprint density at radius 2 is 1.94 bits per heavy atom. The first-order valence-electron chi connectivity index (χ1n) is 9.16. The SMILES string of the molecule is COC(=O)N[C@H]1[C@H](Oc2ccc3c(C)cc(=O)oc3c2)O[C@H](COS(=O)(=O)[O-])[C@@H](O)[C@@H]1O.[K+]. The van der Waals surface area contributed by atoms with Crippen molar-refractivity contribution in [2.24, 2.45) is 0 Å². The Hall–Kier alpha value is -1.11. The first-order valence-corrected chi connectivity index (χ1v) is 10.5. The van der Waals surface area contributed by atoms with Gasteiger partial charge < -0.3 is 38.7 Å². The topological polar surface area (TPSA) is 194 Å². The number of nitrogens with one attached hydrogen (secondary N) is 1. The monoisotopic (exact) mass is 513 g/mol. The molecule has 0 bridgehead atoms. The molecule has 1 amide bonds. The van der Waals surface area contributed by atoms with Gasteiger partial charge in [0, 0.05) is 17.5 Å². The molecular weight excluding hydrogens is 493 g/mol. The summed E-state index contributed by atoms with van der Waals surface area (Å²) in [7, 11) is -4.03. The van der Waals surface area contributed by atoms with Gasteiger partial charge in [-0.05, 0) is 24.6 Å². The van der Waals surface area contributed by atoms with Crippen molar-refractivity contribution < 1.29 is 102 Å². The number of alkyl carbamates (subject to hydrolysis) is 1. The first kappa shape index (κ1) is 28.1. The normalized spacial score (nSPS) is 25.2. The molecule has 0 radical (unpaired) electrons. The van der Waals surface area contributed by atoms with E-state index in [-0.39, 0.29) is 62.7 Å². The molecule has 2 aromatic rings. The Kier molecular flexibility index (Phi) is 9.84. The van der Waals surface area contributed by atoms with Crippen molar-refractivity contribution >= 4 is 27.5 Å². The Bertz CT molecular complexity index is 1150. The summed E-state index contributed by atoms with van der Waals surface area (Å²) in [4.78, 5) is 23.3. The summed E-state index contributed by atoms with van der Waals surface area (Å²) in [6, 6.07) is 4.41. The number of rotatable bonds is 6. The fraction of sp³-hybridized carbons (Fsp3) is 0.444. The quantitative estimate of drug-likeness (QED) is 0.147. The average Bonchev–Trinajstić information content (AvgIpc) is 2.71. The molecule has 1 aliphatic rings. The predicted octanol–water partition coefficient (Wildman–Crippen LogP) is -3.87. The summed E-state index contributed by atoms with van der Waals surface area (Å²) in [5.41, 5.74) is 0.274. The van der Waals surface area contributed by atoms with Crippen LogP contribution in [0.5, 0.6) is 5.75 Å². The summed E-state index contributed by atoms with van der Waals surface area (Å²) >= 11 is 0. The van der Waals surface area contributed by atoms with Crippen LogP contribution in [0.4, 0.5) is 4.79 Å². The Morgan fingerprint density at radius 1 is 1.24 bits per heavy atom. The van der Waals surface area contributed by atoms with Crippen molar-refractivity contribution in [1.82, 2.24) is 5.32 Å². The van der Waals surface area contributed by atoms with Gasteiger partial charge in [-0.1, -0.05) is 0 Å². The number of ether oxygens (including phenoxy) is 3. The molecule has 33 heavy (non-hydrogen) atoms. The third-order valence-corrected chi connectivity index (χ3v) is 5.15. The van der Waals surface area contributed by atoms with E-state index in [9.17, 15) is 32.8 Å². The van der Waals surface area contributed by atoms with Gasteiger partial charge in [-0.3, -0.25) is 4.18 Å². The molecule has 1 saturated heterocycles. The van der Waals surface area contributed by atoms with Crippen LogP contribution in [-0.2, 0) is 24.1 Å². The largest absolute Gasteiger partial charge is 1.00 e. The van der Waals surface area contributed by atoms with Gasteiger partial charge >= 0.3 is 63.1 Å². The summed E-state index contributed by atoms with van der Waals surface area (Å²) in [6.07, 6.45) is -7.46. The Labute approximate surface area is 230 Å². The number of hydrogen-bond acceptors (Lipinski definition) is 12. The van der Waals surface area contributed by atoms with E-state index in [0.29, 0.717) is 10.9 Å². The van der Waals surface area contributed by atoms with Crippen LogP contribution >= 0.6 is 0 Å². The van der Waals surface area contributed by atoms with Crippen LogP contribution in [0, 0.1) is 6.92 Å². The Morgan fingerprint density at radius 3 is 2.58 bits per heavy atom. The minimum atomic E-state index is -5.11. The summed E-state index contributed by atoms with van der Waals surface area (Å²) < 4.78 is 57.1. The van der Waals surface area contributed by atoms with Gasteiger partial charge in [0.25, 0.3) is 0 Å². The van der Waals surface area contributed by atoms with Crippen molar-refractivity contribution in [2.45, 2.75) is 37.6 Å². The summed E-state index contributed by atoms with van der Waals surface area (Å²) in [5, 5.41) is 23.6. The summed E-state index contributed by atoms with van der Waals surface area (Å²) in [6.45, 7) is 0.799. The molecule has 3 rings (SSSR count). The number of aliphatic hydroxyl groups excluding tert-OH is 2. The maximum atomic E-state index is 11.7. The van der Waals surface area contributed by atoms with Gasteiger partial charge in [-0.2, -0.15) is 0 Å². The minimum absolute atomic E-state index is 0. The van der Waals surface area contributed by atoms with E-state index in [1.54, 1.807) is 13.0 Å². The standard InChI is InChI=1S/C18H21NO12S.K/c1-8-5-13(20)30-11-6-9(3-4-10(8)11)29-17-14(19-18(23)27-2)16(22)15(21)12(31-17)7-28-32(24,25)26;/h3-6,12,14-17,21-22H,7H2,1-2H3,(H,19,23)(H,24,25,26);/q;+1/p-1/t12-,14-,15-,16-,17-;/m1./s1. The van der Waals surface area contributed by atoms with Gasteiger partial charge in [-0.25, -0.2) is 18.0 Å². The van der Waals surface area contributed by atoms with Crippen LogP contribution < -0.4 is 67.1 Å². The zero-order valence-corrected chi connectivity index (χ0v) is 21.7. The van der Waals surface area contributed by atoms with Gasteiger partial charge in [0.05, 0.1) is 13.7 Å². The van der Waals surface area contributed by atoms with Crippen LogP contribution in [0.25, 0.3) is 11.0 Å². The molecule has 176 valence electrons. The summed E-state index contributed by atoms with van der Waals surface area (Å²) in [5.74, 6) is 0.0904. The number of fused-ring (bicyclic) bond motifs is 1. The molecule has 1 fully saturated rings. The molecule has 3 N–H and O–H groups in total. The molecule has 0 unspecified atom stereocenters. The average molecular weight is 514 g/mol. The third-order valence-electron chi connectivity index (χ3n) is 4.72. The smallest absolute Gasteiger partial charge is 0.726 e. The van der Waals surface area contributed by atoms with Crippen molar-refractivity contribution in [1.29, 1.82) is 0 Å². The number of carbonyl (C=O) groups excluding carboxylic acids is 1. The Balaban J connectivity index is 0.00000385. The van der Waals surface area contributed by atoms with Crippen LogP contribution in [0.1, 0.15) is 5.56 Å². The fourth-order valence-electron chi connectivity index (χ4n) is 3.18. The van der Waals surface area contributed by atoms with Crippen LogP contribution in [0.15, 0.2) is 33.5 Å². The van der Waals surface area contributed by atoms with E-state index in [0.717, 1.165) is 7.11 Å². The maximum Gasteiger partial charge on any atom is 1.00 e. The van der Waals surface area contributed by atoms with Crippen LogP contribution in [0.2, 0.25) is 0 Å². The van der Waals surface area contributed by atoms with Gasteiger partial charge in [0.1, 0.15) is 35.7 Å². The second-order valence-electron chi connectivity index (χ2n) is 6.90. The molecule has 1 aliphatic heterocycles. The second kappa shape index (κ2) is 11.5. The number of benzene rings is 1. The number of methoxy groups -OCH3 is 1. The minimum Gasteiger partial charge on any atom is -0.726 e. The molecule has 2 heterocycles. The molecular formula is C18H20KNO12S. The molecule has 13 nitrogen and oxygen atoms in total. The van der Waals surface area contributed by atoms with E-state index in [4.69, 9.17) is 13.9 Å². The first-order chi connectivity index (χ1) is 15.0. The predicted molar refractivity (Wildman–Crippen MR) is 104 cm³/mol. The van der Waals surface area contributed by atoms with Gasteiger partial charge in [-0.15, -0.1) is 0 Å².